The van der Waals surface area contributed by atoms with Crippen LogP contribution in [-0.4, -0.2) is 44.7 Å². The molecule has 116 valence electrons. The van der Waals surface area contributed by atoms with E-state index in [0.29, 0.717) is 5.56 Å². The molecular weight excluding hydrogens is 264 g/mol. The number of carbonyl (C=O) groups is 1. The molecule has 4 heteroatoms. The van der Waals surface area contributed by atoms with Gasteiger partial charge in [-0.25, -0.2) is 4.79 Å². The predicted octanol–water partition coefficient (Wildman–Crippen LogP) is 2.29. The standard InChI is InChI=1S/C17H26N2O2/c1-18-9-6-14-7-10-19(11-8-14)13-15-4-3-5-16(12-15)17(20)21-2/h3-5,12,14,18H,6-11,13H2,1-2H3. The summed E-state index contributed by atoms with van der Waals surface area (Å²) in [6, 6.07) is 7.76. The zero-order valence-corrected chi connectivity index (χ0v) is 13.1. The van der Waals surface area contributed by atoms with Gasteiger partial charge in [0.05, 0.1) is 12.7 Å². The minimum Gasteiger partial charge on any atom is -0.465 e. The van der Waals surface area contributed by atoms with E-state index in [1.165, 1.54) is 31.9 Å². The van der Waals surface area contributed by atoms with E-state index in [0.717, 1.165) is 32.1 Å². The molecule has 4 nitrogen and oxygen atoms in total. The maximum absolute atomic E-state index is 11.6. The number of esters is 1. The van der Waals surface area contributed by atoms with Gasteiger partial charge in [-0.15, -0.1) is 0 Å². The van der Waals surface area contributed by atoms with Gasteiger partial charge in [0, 0.05) is 6.54 Å². The third-order valence-electron chi connectivity index (χ3n) is 4.26. The van der Waals surface area contributed by atoms with Crippen molar-refractivity contribution in [3.63, 3.8) is 0 Å². The van der Waals surface area contributed by atoms with Crippen molar-refractivity contribution in [1.82, 2.24) is 10.2 Å². The number of likely N-dealkylation sites (tertiary alicyclic amines) is 1. The molecule has 1 heterocycles. The Bertz CT molecular complexity index is 454. The van der Waals surface area contributed by atoms with Crippen LogP contribution in [0.2, 0.25) is 0 Å². The molecule has 0 bridgehead atoms. The van der Waals surface area contributed by atoms with Gasteiger partial charge in [0.2, 0.25) is 0 Å². The molecule has 1 aromatic rings. The highest BCUT2D eigenvalue weighted by molar-refractivity contribution is 5.89. The van der Waals surface area contributed by atoms with Gasteiger partial charge in [0.15, 0.2) is 0 Å². The van der Waals surface area contributed by atoms with Crippen LogP contribution in [0, 0.1) is 5.92 Å². The topological polar surface area (TPSA) is 41.6 Å². The maximum Gasteiger partial charge on any atom is 0.337 e. The smallest absolute Gasteiger partial charge is 0.337 e. The first kappa shape index (κ1) is 16.0. The molecule has 1 aliphatic heterocycles. The summed E-state index contributed by atoms with van der Waals surface area (Å²) in [5.41, 5.74) is 1.82. The molecule has 2 rings (SSSR count). The number of ether oxygens (including phenoxy) is 1. The lowest BCUT2D eigenvalue weighted by Crippen LogP contribution is -2.34. The summed E-state index contributed by atoms with van der Waals surface area (Å²) in [5, 5.41) is 3.23. The first-order valence-electron chi connectivity index (χ1n) is 7.77. The van der Waals surface area contributed by atoms with Crippen molar-refractivity contribution in [3.05, 3.63) is 35.4 Å². The molecule has 1 aliphatic rings. The lowest BCUT2D eigenvalue weighted by atomic mass is 9.93. The second-order valence-electron chi connectivity index (χ2n) is 5.80. The zero-order valence-electron chi connectivity index (χ0n) is 13.1. The van der Waals surface area contributed by atoms with Crippen LogP contribution in [0.15, 0.2) is 24.3 Å². The van der Waals surface area contributed by atoms with Gasteiger partial charge < -0.3 is 10.1 Å². The molecule has 0 atom stereocenters. The van der Waals surface area contributed by atoms with E-state index in [-0.39, 0.29) is 5.97 Å². The Morgan fingerprint density at radius 2 is 2.14 bits per heavy atom. The molecule has 1 saturated heterocycles. The van der Waals surface area contributed by atoms with Crippen LogP contribution < -0.4 is 5.32 Å². The van der Waals surface area contributed by atoms with Gasteiger partial charge in [-0.3, -0.25) is 4.90 Å². The van der Waals surface area contributed by atoms with Crippen LogP contribution in [0.3, 0.4) is 0 Å². The number of methoxy groups -OCH3 is 1. The number of hydrogen-bond acceptors (Lipinski definition) is 4. The minimum absolute atomic E-state index is 0.261. The molecule has 21 heavy (non-hydrogen) atoms. The van der Waals surface area contributed by atoms with Crippen molar-refractivity contribution in [3.8, 4) is 0 Å². The van der Waals surface area contributed by atoms with E-state index in [1.54, 1.807) is 6.07 Å². The quantitative estimate of drug-likeness (QED) is 0.816. The summed E-state index contributed by atoms with van der Waals surface area (Å²) < 4.78 is 4.77. The van der Waals surface area contributed by atoms with Gasteiger partial charge in [-0.2, -0.15) is 0 Å². The summed E-state index contributed by atoms with van der Waals surface area (Å²) in [7, 11) is 3.44. The van der Waals surface area contributed by atoms with E-state index in [9.17, 15) is 4.79 Å². The SMILES string of the molecule is CNCCC1CCN(Cc2cccc(C(=O)OC)c2)CC1. The Balaban J connectivity index is 1.84. The average Bonchev–Trinajstić information content (AvgIpc) is 2.53. The van der Waals surface area contributed by atoms with Gasteiger partial charge in [0.1, 0.15) is 0 Å². The van der Waals surface area contributed by atoms with Crippen molar-refractivity contribution in [1.29, 1.82) is 0 Å². The predicted molar refractivity (Wildman–Crippen MR) is 84.3 cm³/mol. The molecule has 0 radical (unpaired) electrons. The van der Waals surface area contributed by atoms with Gasteiger partial charge in [0.25, 0.3) is 0 Å². The lowest BCUT2D eigenvalue weighted by Gasteiger charge is -2.32. The van der Waals surface area contributed by atoms with E-state index < -0.39 is 0 Å². The van der Waals surface area contributed by atoms with E-state index in [1.807, 2.05) is 19.2 Å². The molecule has 0 saturated carbocycles. The number of piperidine rings is 1. The number of nitrogens with one attached hydrogen (secondary N) is 1. The highest BCUT2D eigenvalue weighted by atomic mass is 16.5. The number of hydrogen-bond donors (Lipinski definition) is 1. The van der Waals surface area contributed by atoms with Gasteiger partial charge in [-0.05, 0) is 69.6 Å². The maximum atomic E-state index is 11.6. The number of benzene rings is 1. The molecule has 1 aromatic carbocycles. The Morgan fingerprint density at radius 1 is 1.38 bits per heavy atom. The van der Waals surface area contributed by atoms with Crippen molar-refractivity contribution < 1.29 is 9.53 Å². The second-order valence-corrected chi connectivity index (χ2v) is 5.80. The van der Waals surface area contributed by atoms with Crippen molar-refractivity contribution in [2.45, 2.75) is 25.8 Å². The van der Waals surface area contributed by atoms with Crippen LogP contribution >= 0.6 is 0 Å². The number of nitrogens with zero attached hydrogens (tertiary/aromatic N) is 1. The van der Waals surface area contributed by atoms with E-state index in [4.69, 9.17) is 4.74 Å². The second kappa shape index (κ2) is 8.15. The molecule has 0 amide bonds. The Kier molecular flexibility index (Phi) is 6.21. The first-order valence-corrected chi connectivity index (χ1v) is 7.77. The fourth-order valence-corrected chi connectivity index (χ4v) is 2.95. The molecule has 0 aromatic heterocycles. The normalized spacial score (nSPS) is 16.9. The summed E-state index contributed by atoms with van der Waals surface area (Å²) in [6.45, 7) is 4.34. The third-order valence-corrected chi connectivity index (χ3v) is 4.26. The fourth-order valence-electron chi connectivity index (χ4n) is 2.95. The Morgan fingerprint density at radius 3 is 2.81 bits per heavy atom. The summed E-state index contributed by atoms with van der Waals surface area (Å²) in [4.78, 5) is 14.0. The number of carbonyl (C=O) groups excluding carboxylic acids is 1. The van der Waals surface area contributed by atoms with Crippen LogP contribution in [0.25, 0.3) is 0 Å². The van der Waals surface area contributed by atoms with Crippen LogP contribution in [0.5, 0.6) is 0 Å². The Labute approximate surface area is 127 Å². The monoisotopic (exact) mass is 290 g/mol. The summed E-state index contributed by atoms with van der Waals surface area (Å²) in [6.07, 6.45) is 3.83. The molecule has 0 aliphatic carbocycles. The number of rotatable bonds is 6. The molecule has 1 N–H and O–H groups in total. The largest absolute Gasteiger partial charge is 0.465 e. The first-order chi connectivity index (χ1) is 10.2. The zero-order chi connectivity index (χ0) is 15.1. The van der Waals surface area contributed by atoms with Crippen molar-refractivity contribution >= 4 is 5.97 Å². The van der Waals surface area contributed by atoms with Crippen LogP contribution in [0.1, 0.15) is 35.2 Å². The third kappa shape index (κ3) is 4.83. The highest BCUT2D eigenvalue weighted by Gasteiger charge is 2.19. The molecular formula is C17H26N2O2. The molecule has 1 fully saturated rings. The molecule has 0 unspecified atom stereocenters. The van der Waals surface area contributed by atoms with Crippen LogP contribution in [0.4, 0.5) is 0 Å². The van der Waals surface area contributed by atoms with E-state index in [2.05, 4.69) is 16.3 Å². The summed E-state index contributed by atoms with van der Waals surface area (Å²) in [5.74, 6) is 0.595. The Hall–Kier alpha value is -1.39. The minimum atomic E-state index is -0.261. The fraction of sp³-hybridized carbons (Fsp3) is 0.588. The highest BCUT2D eigenvalue weighted by Crippen LogP contribution is 2.21. The van der Waals surface area contributed by atoms with Crippen molar-refractivity contribution in [2.24, 2.45) is 5.92 Å². The van der Waals surface area contributed by atoms with Gasteiger partial charge >= 0.3 is 5.97 Å². The van der Waals surface area contributed by atoms with Crippen molar-refractivity contribution in [2.75, 3.05) is 33.8 Å². The summed E-state index contributed by atoms with van der Waals surface area (Å²) >= 11 is 0. The molecule has 0 spiro atoms. The lowest BCUT2D eigenvalue weighted by molar-refractivity contribution is 0.0600. The van der Waals surface area contributed by atoms with Gasteiger partial charge in [-0.1, -0.05) is 12.1 Å². The van der Waals surface area contributed by atoms with Crippen LogP contribution in [-0.2, 0) is 11.3 Å². The average molecular weight is 290 g/mol. The van der Waals surface area contributed by atoms with E-state index >= 15 is 0 Å².